The van der Waals surface area contributed by atoms with E-state index in [1.165, 1.54) is 24.0 Å². The molecule has 0 aliphatic carbocycles. The number of hydrogen-bond acceptors (Lipinski definition) is 4. The topological polar surface area (TPSA) is 55.3 Å². The van der Waals surface area contributed by atoms with E-state index in [4.69, 9.17) is 14.2 Å². The lowest BCUT2D eigenvalue weighted by Crippen LogP contribution is -2.47. The zero-order valence-electron chi connectivity index (χ0n) is 19.2. The van der Waals surface area contributed by atoms with Crippen LogP contribution >= 0.6 is 24.0 Å². The van der Waals surface area contributed by atoms with Gasteiger partial charge in [-0.15, -0.1) is 24.0 Å². The number of likely N-dealkylation sites (tertiary alicyclic amines) is 1. The van der Waals surface area contributed by atoms with Gasteiger partial charge in [0.25, 0.3) is 0 Å². The van der Waals surface area contributed by atoms with Crippen LogP contribution in [0.15, 0.2) is 29.3 Å². The van der Waals surface area contributed by atoms with Gasteiger partial charge in [0.15, 0.2) is 5.96 Å². The summed E-state index contributed by atoms with van der Waals surface area (Å²) in [6, 6.07) is 8.47. The average Bonchev–Trinajstić information content (AvgIpc) is 2.80. The predicted octanol–water partition coefficient (Wildman–Crippen LogP) is 4.36. The second-order valence-electron chi connectivity index (χ2n) is 8.23. The van der Waals surface area contributed by atoms with Gasteiger partial charge in [0.1, 0.15) is 0 Å². The third kappa shape index (κ3) is 8.86. The van der Waals surface area contributed by atoms with E-state index in [-0.39, 0.29) is 24.0 Å². The van der Waals surface area contributed by atoms with E-state index in [1.54, 1.807) is 0 Å². The van der Waals surface area contributed by atoms with Gasteiger partial charge >= 0.3 is 0 Å². The third-order valence-corrected chi connectivity index (χ3v) is 5.91. The van der Waals surface area contributed by atoms with E-state index >= 15 is 0 Å². The van der Waals surface area contributed by atoms with Gasteiger partial charge in [-0.1, -0.05) is 31.2 Å². The number of ether oxygens (including phenoxy) is 3. The minimum Gasteiger partial charge on any atom is -0.377 e. The number of benzene rings is 1. The van der Waals surface area contributed by atoms with Gasteiger partial charge in [-0.2, -0.15) is 0 Å². The lowest BCUT2D eigenvalue weighted by molar-refractivity contribution is -0.0721. The van der Waals surface area contributed by atoms with Crippen molar-refractivity contribution in [3.63, 3.8) is 0 Å². The summed E-state index contributed by atoms with van der Waals surface area (Å²) in [4.78, 5) is 6.86. The number of rotatable bonds is 9. The summed E-state index contributed by atoms with van der Waals surface area (Å²) in [5.41, 5.74) is 2.51. The van der Waals surface area contributed by atoms with Crippen LogP contribution in [-0.4, -0.2) is 63.0 Å². The number of guanidine groups is 1. The smallest absolute Gasteiger partial charge is 0.193 e. The second kappa shape index (κ2) is 15.0. The minimum absolute atomic E-state index is 0. The Labute approximate surface area is 205 Å². The highest BCUT2D eigenvalue weighted by atomic mass is 127. The maximum atomic E-state index is 6.15. The van der Waals surface area contributed by atoms with Crippen molar-refractivity contribution >= 4 is 29.9 Å². The molecule has 3 rings (SSSR count). The normalized spacial score (nSPS) is 20.4. The summed E-state index contributed by atoms with van der Waals surface area (Å²) in [7, 11) is 1.86. The molecule has 2 heterocycles. The van der Waals surface area contributed by atoms with Crippen molar-refractivity contribution in [2.75, 3.05) is 40.0 Å². The Morgan fingerprint density at radius 2 is 1.94 bits per heavy atom. The fourth-order valence-electron chi connectivity index (χ4n) is 4.12. The molecule has 1 N–H and O–H groups in total. The van der Waals surface area contributed by atoms with Crippen molar-refractivity contribution in [2.24, 2.45) is 4.99 Å². The Bertz CT molecular complexity index is 645. The van der Waals surface area contributed by atoms with Crippen molar-refractivity contribution in [1.29, 1.82) is 0 Å². The molecule has 7 heteroatoms. The number of piperidine rings is 1. The molecular weight excluding hydrogens is 505 g/mol. The van der Waals surface area contributed by atoms with E-state index < -0.39 is 0 Å². The van der Waals surface area contributed by atoms with Crippen molar-refractivity contribution < 1.29 is 14.2 Å². The summed E-state index contributed by atoms with van der Waals surface area (Å²) in [6.07, 6.45) is 7.35. The highest BCUT2D eigenvalue weighted by molar-refractivity contribution is 14.0. The van der Waals surface area contributed by atoms with E-state index in [2.05, 4.69) is 46.4 Å². The average molecular weight is 546 g/mol. The Hall–Kier alpha value is -0.900. The van der Waals surface area contributed by atoms with Crippen LogP contribution in [0.2, 0.25) is 0 Å². The molecule has 0 bridgehead atoms. The molecule has 0 radical (unpaired) electrons. The van der Waals surface area contributed by atoms with Gasteiger partial charge < -0.3 is 24.4 Å². The van der Waals surface area contributed by atoms with Crippen molar-refractivity contribution in [3.05, 3.63) is 35.4 Å². The van der Waals surface area contributed by atoms with Gasteiger partial charge in [0.05, 0.1) is 25.4 Å². The van der Waals surface area contributed by atoms with E-state index in [9.17, 15) is 0 Å². The summed E-state index contributed by atoms with van der Waals surface area (Å²) < 4.78 is 17.7. The van der Waals surface area contributed by atoms with Crippen LogP contribution in [0.4, 0.5) is 0 Å². The van der Waals surface area contributed by atoms with Crippen LogP contribution < -0.4 is 5.32 Å². The van der Waals surface area contributed by atoms with E-state index in [1.807, 2.05) is 7.05 Å². The van der Waals surface area contributed by atoms with Crippen molar-refractivity contribution in [3.8, 4) is 0 Å². The monoisotopic (exact) mass is 545 g/mol. The quantitative estimate of drug-likeness (QED) is 0.217. The number of halogens is 1. The molecule has 0 amide bonds. The van der Waals surface area contributed by atoms with Crippen LogP contribution in [0.1, 0.15) is 56.6 Å². The fraction of sp³-hybridized carbons (Fsp3) is 0.708. The van der Waals surface area contributed by atoms with Crippen molar-refractivity contribution in [2.45, 2.75) is 70.8 Å². The first-order valence-corrected chi connectivity index (χ1v) is 11.6. The van der Waals surface area contributed by atoms with Gasteiger partial charge in [0.2, 0.25) is 0 Å². The Morgan fingerprint density at radius 1 is 1.16 bits per heavy atom. The fourth-order valence-corrected chi connectivity index (χ4v) is 4.12. The van der Waals surface area contributed by atoms with Crippen LogP contribution in [0, 0.1) is 0 Å². The first-order chi connectivity index (χ1) is 14.8. The molecule has 1 aromatic rings. The second-order valence-corrected chi connectivity index (χ2v) is 8.23. The van der Waals surface area contributed by atoms with Gasteiger partial charge in [0, 0.05) is 39.9 Å². The molecule has 0 saturated carbocycles. The largest absolute Gasteiger partial charge is 0.377 e. The Kier molecular flexibility index (Phi) is 12.8. The van der Waals surface area contributed by atoms with E-state index in [0.717, 1.165) is 71.1 Å². The molecule has 0 spiro atoms. The summed E-state index contributed by atoms with van der Waals surface area (Å²) in [5.74, 6) is 0.966. The standard InChI is InChI=1S/C24H39N3O3.HI/c1-3-15-28-18-21-9-5-4-8-20(21)17-26-24(25-2)27-13-11-22(12-14-27)30-19-23-10-6-7-16-29-23;/h4-5,8-9,22-23H,3,6-7,10-19H2,1-2H3,(H,25,26);1H. The van der Waals surface area contributed by atoms with Gasteiger partial charge in [-0.25, -0.2) is 0 Å². The molecule has 2 saturated heterocycles. The Morgan fingerprint density at radius 3 is 2.61 bits per heavy atom. The maximum absolute atomic E-state index is 6.15. The lowest BCUT2D eigenvalue weighted by atomic mass is 10.1. The van der Waals surface area contributed by atoms with E-state index in [0.29, 0.717) is 18.8 Å². The van der Waals surface area contributed by atoms with Crippen molar-refractivity contribution in [1.82, 2.24) is 10.2 Å². The minimum atomic E-state index is 0. The molecule has 1 aromatic carbocycles. The molecule has 1 unspecified atom stereocenters. The van der Waals surface area contributed by atoms with Crippen LogP contribution in [0.3, 0.4) is 0 Å². The molecule has 31 heavy (non-hydrogen) atoms. The maximum Gasteiger partial charge on any atom is 0.193 e. The van der Waals surface area contributed by atoms with Gasteiger partial charge in [-0.05, 0) is 49.7 Å². The number of hydrogen-bond donors (Lipinski definition) is 1. The molecule has 6 nitrogen and oxygen atoms in total. The number of nitrogens with zero attached hydrogens (tertiary/aromatic N) is 2. The third-order valence-electron chi connectivity index (χ3n) is 5.91. The highest BCUT2D eigenvalue weighted by Crippen LogP contribution is 2.18. The molecular formula is C24H40IN3O3. The van der Waals surface area contributed by atoms with Gasteiger partial charge in [-0.3, -0.25) is 4.99 Å². The SMILES string of the molecule is CCCOCc1ccccc1CNC(=NC)N1CCC(OCC2CCCCO2)CC1.I. The van der Waals surface area contributed by atoms with Crippen LogP contribution in [-0.2, 0) is 27.4 Å². The zero-order chi connectivity index (χ0) is 21.0. The lowest BCUT2D eigenvalue weighted by Gasteiger charge is -2.35. The molecule has 176 valence electrons. The van der Waals surface area contributed by atoms with Crippen LogP contribution in [0.25, 0.3) is 0 Å². The molecule has 2 aliphatic heterocycles. The first kappa shape index (κ1) is 26.4. The molecule has 2 aliphatic rings. The zero-order valence-corrected chi connectivity index (χ0v) is 21.5. The number of nitrogens with one attached hydrogen (secondary N) is 1. The summed E-state index contributed by atoms with van der Waals surface area (Å²) >= 11 is 0. The number of aliphatic imine (C=N–C) groups is 1. The molecule has 0 aromatic heterocycles. The van der Waals surface area contributed by atoms with Crippen LogP contribution in [0.5, 0.6) is 0 Å². The summed E-state index contributed by atoms with van der Waals surface area (Å²) in [6.45, 7) is 7.93. The molecule has 1 atom stereocenters. The predicted molar refractivity (Wildman–Crippen MR) is 136 cm³/mol. The highest BCUT2D eigenvalue weighted by Gasteiger charge is 2.23. The summed E-state index contributed by atoms with van der Waals surface area (Å²) in [5, 5.41) is 3.54. The first-order valence-electron chi connectivity index (χ1n) is 11.6. The molecule has 2 fully saturated rings. The Balaban J connectivity index is 0.00000341.